The molecule has 1 saturated heterocycles. The number of β-amino-alcohol motifs (C(OH)–C–C–N with tert-alkyl or cyclic N) is 1. The van der Waals surface area contributed by atoms with Gasteiger partial charge in [0.25, 0.3) is 0 Å². The number of aryl methyl sites for hydroxylation is 1. The molecule has 2 heterocycles. The van der Waals surface area contributed by atoms with Crippen LogP contribution in [0.2, 0.25) is 0 Å². The van der Waals surface area contributed by atoms with Crippen molar-refractivity contribution in [3.8, 4) is 6.07 Å². The summed E-state index contributed by atoms with van der Waals surface area (Å²) in [6, 6.07) is 1.16. The fourth-order valence-electron chi connectivity index (χ4n) is 2.21. The van der Waals surface area contributed by atoms with E-state index >= 15 is 0 Å². The minimum atomic E-state index is -1.04. The molecule has 1 aromatic rings. The van der Waals surface area contributed by atoms with Gasteiger partial charge in [-0.2, -0.15) is 10.4 Å². The van der Waals surface area contributed by atoms with E-state index in [9.17, 15) is 15.2 Å². The second kappa shape index (κ2) is 4.82. The van der Waals surface area contributed by atoms with E-state index in [1.165, 1.54) is 4.90 Å². The molecular weight excluding hydrogens is 248 g/mol. The molecule has 7 nitrogen and oxygen atoms in total. The van der Waals surface area contributed by atoms with E-state index in [0.29, 0.717) is 16.8 Å². The molecule has 1 aromatic heterocycles. The number of nitrogens with zero attached hydrogens (tertiary/aromatic N) is 4. The van der Waals surface area contributed by atoms with E-state index in [-0.39, 0.29) is 18.8 Å². The number of carboxylic acid groups (broad SMARTS) is 1. The molecule has 1 aliphatic rings. The number of aliphatic hydroxyl groups excluding tert-OH is 1. The quantitative estimate of drug-likeness (QED) is 0.771. The van der Waals surface area contributed by atoms with E-state index in [0.717, 1.165) is 0 Å². The van der Waals surface area contributed by atoms with Gasteiger partial charge in [0.15, 0.2) is 5.82 Å². The maximum atomic E-state index is 11.2. The van der Waals surface area contributed by atoms with Crippen LogP contribution in [0.25, 0.3) is 0 Å². The summed E-state index contributed by atoms with van der Waals surface area (Å²) in [7, 11) is 0. The number of aromatic nitrogens is 2. The zero-order valence-corrected chi connectivity index (χ0v) is 10.7. The summed E-state index contributed by atoms with van der Waals surface area (Å²) in [6.07, 6.45) is -0.620. The number of carboxylic acids is 1. The van der Waals surface area contributed by atoms with Crippen molar-refractivity contribution in [2.45, 2.75) is 32.4 Å². The predicted octanol–water partition coefficient (Wildman–Crippen LogP) is -0.0107. The zero-order chi connectivity index (χ0) is 14.2. The second-order valence-electron chi connectivity index (χ2n) is 4.62. The number of rotatable bonds is 2. The van der Waals surface area contributed by atoms with Gasteiger partial charge in [0.2, 0.25) is 0 Å². The fraction of sp³-hybridized carbons (Fsp3) is 0.500. The Morgan fingerprint density at radius 2 is 2.16 bits per heavy atom. The van der Waals surface area contributed by atoms with Gasteiger partial charge < -0.3 is 15.1 Å². The summed E-state index contributed by atoms with van der Waals surface area (Å²) in [5, 5.41) is 35.9. The number of aliphatic carboxylic acids is 1. The van der Waals surface area contributed by atoms with Crippen LogP contribution in [0.4, 0.5) is 5.82 Å². The molecule has 100 valence electrons. The lowest BCUT2D eigenvalue weighted by atomic mass is 10.1. The van der Waals surface area contributed by atoms with E-state index < -0.39 is 18.1 Å². The van der Waals surface area contributed by atoms with Gasteiger partial charge in [-0.25, -0.2) is 4.79 Å². The van der Waals surface area contributed by atoms with E-state index in [2.05, 4.69) is 10.2 Å². The van der Waals surface area contributed by atoms with Crippen molar-refractivity contribution in [1.82, 2.24) is 10.2 Å². The van der Waals surface area contributed by atoms with Gasteiger partial charge in [-0.05, 0) is 19.4 Å². The molecule has 2 N–H and O–H groups in total. The molecule has 19 heavy (non-hydrogen) atoms. The second-order valence-corrected chi connectivity index (χ2v) is 4.62. The van der Waals surface area contributed by atoms with Gasteiger partial charge in [0, 0.05) is 13.0 Å². The predicted molar refractivity (Wildman–Crippen MR) is 65.6 cm³/mol. The number of anilines is 1. The Labute approximate surface area is 110 Å². The van der Waals surface area contributed by atoms with Crippen LogP contribution in [0.15, 0.2) is 0 Å². The molecule has 0 aromatic carbocycles. The number of hydrogen-bond acceptors (Lipinski definition) is 6. The van der Waals surface area contributed by atoms with Crippen molar-refractivity contribution in [2.24, 2.45) is 0 Å². The van der Waals surface area contributed by atoms with Crippen LogP contribution in [0.1, 0.15) is 23.2 Å². The highest BCUT2D eigenvalue weighted by molar-refractivity contribution is 5.79. The molecule has 2 rings (SSSR count). The van der Waals surface area contributed by atoms with Crippen LogP contribution in [0.5, 0.6) is 0 Å². The zero-order valence-electron chi connectivity index (χ0n) is 10.7. The van der Waals surface area contributed by atoms with E-state index in [1.807, 2.05) is 6.07 Å². The van der Waals surface area contributed by atoms with Crippen molar-refractivity contribution in [1.29, 1.82) is 5.26 Å². The van der Waals surface area contributed by atoms with Crippen molar-refractivity contribution in [3.63, 3.8) is 0 Å². The number of nitriles is 1. The van der Waals surface area contributed by atoms with Crippen LogP contribution in [-0.2, 0) is 4.79 Å². The third kappa shape index (κ3) is 2.22. The first-order valence-corrected chi connectivity index (χ1v) is 5.87. The molecule has 0 spiro atoms. The van der Waals surface area contributed by atoms with Crippen LogP contribution in [-0.4, -0.2) is 45.1 Å². The summed E-state index contributed by atoms with van der Waals surface area (Å²) in [6.45, 7) is 3.62. The van der Waals surface area contributed by atoms with E-state index in [1.54, 1.807) is 13.8 Å². The van der Waals surface area contributed by atoms with Gasteiger partial charge in [-0.1, -0.05) is 0 Å². The number of hydrogen-bond donors (Lipinski definition) is 2. The lowest BCUT2D eigenvalue weighted by Crippen LogP contribution is -2.37. The van der Waals surface area contributed by atoms with Gasteiger partial charge >= 0.3 is 5.97 Å². The third-order valence-corrected chi connectivity index (χ3v) is 3.38. The highest BCUT2D eigenvalue weighted by atomic mass is 16.4. The molecule has 0 aliphatic carbocycles. The first-order chi connectivity index (χ1) is 8.95. The Morgan fingerprint density at radius 1 is 1.47 bits per heavy atom. The summed E-state index contributed by atoms with van der Waals surface area (Å²) in [4.78, 5) is 12.6. The summed E-state index contributed by atoms with van der Waals surface area (Å²) in [5.41, 5.74) is 1.62. The molecule has 2 atom stereocenters. The monoisotopic (exact) mass is 262 g/mol. The number of carbonyl (C=O) groups is 1. The number of aliphatic hydroxyl groups is 1. The summed E-state index contributed by atoms with van der Waals surface area (Å²) in [5.74, 6) is -0.810. The Bertz CT molecular complexity index is 567. The largest absolute Gasteiger partial charge is 0.480 e. The highest BCUT2D eigenvalue weighted by Gasteiger charge is 2.38. The summed E-state index contributed by atoms with van der Waals surface area (Å²) < 4.78 is 0. The van der Waals surface area contributed by atoms with Crippen molar-refractivity contribution >= 4 is 11.8 Å². The van der Waals surface area contributed by atoms with Crippen LogP contribution >= 0.6 is 0 Å². The topological polar surface area (TPSA) is 110 Å². The van der Waals surface area contributed by atoms with Crippen LogP contribution < -0.4 is 4.90 Å². The van der Waals surface area contributed by atoms with Crippen molar-refractivity contribution in [2.75, 3.05) is 11.4 Å². The lowest BCUT2D eigenvalue weighted by Gasteiger charge is -2.23. The normalized spacial score (nSPS) is 22.3. The molecule has 0 radical (unpaired) electrons. The average molecular weight is 262 g/mol. The van der Waals surface area contributed by atoms with Crippen molar-refractivity contribution < 1.29 is 15.0 Å². The average Bonchev–Trinajstić information content (AvgIpc) is 2.74. The molecule has 0 saturated carbocycles. The van der Waals surface area contributed by atoms with Crippen LogP contribution in [0.3, 0.4) is 0 Å². The lowest BCUT2D eigenvalue weighted by molar-refractivity contribution is -0.138. The maximum absolute atomic E-state index is 11.2. The van der Waals surface area contributed by atoms with Gasteiger partial charge in [0.1, 0.15) is 17.7 Å². The van der Waals surface area contributed by atoms with Gasteiger partial charge in [-0.15, -0.1) is 5.10 Å². The Morgan fingerprint density at radius 3 is 2.74 bits per heavy atom. The van der Waals surface area contributed by atoms with Crippen molar-refractivity contribution in [3.05, 3.63) is 16.8 Å². The Kier molecular flexibility index (Phi) is 3.36. The third-order valence-electron chi connectivity index (χ3n) is 3.38. The molecule has 2 unspecified atom stereocenters. The summed E-state index contributed by atoms with van der Waals surface area (Å²) >= 11 is 0. The first kappa shape index (κ1) is 13.2. The molecule has 0 amide bonds. The Hall–Kier alpha value is -2.20. The standard InChI is InChI=1S/C12H14N4O3/c1-6-7(2)14-15-11(9(6)4-13)16-5-8(17)3-10(16)12(18)19/h8,10,17H,3,5H2,1-2H3,(H,18,19). The SMILES string of the molecule is Cc1nnc(N2CC(O)CC2C(=O)O)c(C#N)c1C. The molecule has 1 fully saturated rings. The molecule has 7 heteroatoms. The molecule has 1 aliphatic heterocycles. The fourth-order valence-corrected chi connectivity index (χ4v) is 2.21. The van der Waals surface area contributed by atoms with Gasteiger partial charge in [-0.3, -0.25) is 0 Å². The van der Waals surface area contributed by atoms with Crippen LogP contribution in [0, 0.1) is 25.2 Å². The first-order valence-electron chi connectivity index (χ1n) is 5.87. The van der Waals surface area contributed by atoms with Gasteiger partial charge in [0.05, 0.1) is 11.8 Å². The smallest absolute Gasteiger partial charge is 0.326 e. The minimum Gasteiger partial charge on any atom is -0.480 e. The Balaban J connectivity index is 2.50. The minimum absolute atomic E-state index is 0.120. The highest BCUT2D eigenvalue weighted by Crippen LogP contribution is 2.28. The van der Waals surface area contributed by atoms with E-state index in [4.69, 9.17) is 5.11 Å². The maximum Gasteiger partial charge on any atom is 0.326 e. The molecular formula is C12H14N4O3. The molecule has 0 bridgehead atoms.